The van der Waals surface area contributed by atoms with Gasteiger partial charge in [0.2, 0.25) is 5.91 Å². The normalized spacial score (nSPS) is 15.7. The zero-order valence-electron chi connectivity index (χ0n) is 24.1. The van der Waals surface area contributed by atoms with E-state index >= 15 is 0 Å². The number of nitrogens with zero attached hydrogens (tertiary/aromatic N) is 1. The molecule has 0 aromatic heterocycles. The predicted octanol–water partition coefficient (Wildman–Crippen LogP) is 6.22. The number of hydrogen-bond acceptors (Lipinski definition) is 4. The van der Waals surface area contributed by atoms with Crippen LogP contribution in [0, 0.1) is 26.7 Å². The molecule has 0 radical (unpaired) electrons. The van der Waals surface area contributed by atoms with Gasteiger partial charge in [-0.05, 0) is 83.1 Å². The maximum Gasteiger partial charge on any atom is 0.408 e. The van der Waals surface area contributed by atoms with Crippen molar-refractivity contribution in [2.24, 2.45) is 5.92 Å². The van der Waals surface area contributed by atoms with Gasteiger partial charge in [-0.25, -0.2) is 4.79 Å². The van der Waals surface area contributed by atoms with E-state index in [1.807, 2.05) is 77.1 Å². The summed E-state index contributed by atoms with van der Waals surface area (Å²) in [6.45, 7) is 15.2. The van der Waals surface area contributed by atoms with Crippen LogP contribution in [-0.4, -0.2) is 40.5 Å². The number of para-hydroxylation sites is 1. The van der Waals surface area contributed by atoms with Crippen molar-refractivity contribution in [1.82, 2.24) is 10.2 Å². The van der Waals surface area contributed by atoms with Crippen LogP contribution in [0.1, 0.15) is 82.2 Å². The third-order valence-electron chi connectivity index (χ3n) is 7.00. The molecule has 3 atom stereocenters. The van der Waals surface area contributed by atoms with Crippen molar-refractivity contribution in [3.05, 3.63) is 64.7 Å². The van der Waals surface area contributed by atoms with Crippen LogP contribution in [0.2, 0.25) is 0 Å². The van der Waals surface area contributed by atoms with E-state index in [1.54, 1.807) is 25.7 Å². The molecule has 7 heteroatoms. The molecule has 0 spiro atoms. The average molecular weight is 522 g/mol. The van der Waals surface area contributed by atoms with Crippen molar-refractivity contribution in [2.45, 2.75) is 98.4 Å². The number of alkyl carbamates (subject to hydrolysis) is 1. The minimum Gasteiger partial charge on any atom is -0.444 e. The van der Waals surface area contributed by atoms with Crippen molar-refractivity contribution >= 4 is 23.6 Å². The third kappa shape index (κ3) is 7.36. The second kappa shape index (κ2) is 12.0. The Morgan fingerprint density at radius 3 is 2.24 bits per heavy atom. The summed E-state index contributed by atoms with van der Waals surface area (Å²) in [5, 5.41) is 5.91. The first kappa shape index (κ1) is 29.2. The molecule has 3 rings (SSSR count). The van der Waals surface area contributed by atoms with Crippen molar-refractivity contribution in [1.29, 1.82) is 0 Å². The van der Waals surface area contributed by atoms with E-state index in [4.69, 9.17) is 4.74 Å². The average Bonchev–Trinajstić information content (AvgIpc) is 3.66. The summed E-state index contributed by atoms with van der Waals surface area (Å²) < 4.78 is 5.49. The van der Waals surface area contributed by atoms with Crippen molar-refractivity contribution in [2.75, 3.05) is 5.32 Å². The molecule has 0 bridgehead atoms. The summed E-state index contributed by atoms with van der Waals surface area (Å²) in [6.07, 6.45) is 1.66. The molecule has 3 unspecified atom stereocenters. The summed E-state index contributed by atoms with van der Waals surface area (Å²) in [7, 11) is 0. The van der Waals surface area contributed by atoms with Crippen LogP contribution >= 0.6 is 0 Å². The van der Waals surface area contributed by atoms with E-state index in [0.29, 0.717) is 12.1 Å². The SMILES string of the molecule is CCC(C)C(NC(=O)OC(C)(C)C)C(=O)N(C1CC1)C(C(=O)Nc1ccccc1C)c1ccc(C)cc1C. The molecular weight excluding hydrogens is 478 g/mol. The quantitative estimate of drug-likeness (QED) is 0.410. The molecule has 2 N–H and O–H groups in total. The second-order valence-electron chi connectivity index (χ2n) is 11.6. The van der Waals surface area contributed by atoms with Gasteiger partial charge in [-0.2, -0.15) is 0 Å². The zero-order valence-corrected chi connectivity index (χ0v) is 24.1. The standard InChI is InChI=1S/C31H43N3O4/c1-9-20(3)26(33-30(37)38-31(6,7)8)29(36)34(23-15-16-23)27(24-17-14-19(2)18-22(24)5)28(35)32-25-13-11-10-12-21(25)4/h10-14,17-18,20,23,26-27H,9,15-16H2,1-8H3,(H,32,35)(H,33,37). The summed E-state index contributed by atoms with van der Waals surface area (Å²) in [6, 6.07) is 11.8. The van der Waals surface area contributed by atoms with Crippen LogP contribution in [0.4, 0.5) is 10.5 Å². The van der Waals surface area contributed by atoms with Crippen molar-refractivity contribution < 1.29 is 19.1 Å². The Morgan fingerprint density at radius 2 is 1.68 bits per heavy atom. The fraction of sp³-hybridized carbons (Fsp3) is 0.516. The molecule has 2 aromatic carbocycles. The smallest absolute Gasteiger partial charge is 0.408 e. The van der Waals surface area contributed by atoms with Crippen LogP contribution in [0.25, 0.3) is 0 Å². The first-order valence-corrected chi connectivity index (χ1v) is 13.6. The number of nitrogens with one attached hydrogen (secondary N) is 2. The molecule has 1 aliphatic carbocycles. The number of ether oxygens (including phenoxy) is 1. The number of anilines is 1. The molecule has 1 fully saturated rings. The highest BCUT2D eigenvalue weighted by Gasteiger charge is 2.45. The minimum atomic E-state index is -0.845. The number of rotatable bonds is 9. The lowest BCUT2D eigenvalue weighted by Crippen LogP contribution is -2.55. The summed E-state index contributed by atoms with van der Waals surface area (Å²) in [4.78, 5) is 42.8. The van der Waals surface area contributed by atoms with Gasteiger partial charge in [0.25, 0.3) is 5.91 Å². The van der Waals surface area contributed by atoms with Crippen LogP contribution in [-0.2, 0) is 14.3 Å². The van der Waals surface area contributed by atoms with Gasteiger partial charge in [-0.1, -0.05) is 62.2 Å². The predicted molar refractivity (Wildman–Crippen MR) is 151 cm³/mol. The number of amides is 3. The lowest BCUT2D eigenvalue weighted by Gasteiger charge is -2.37. The number of benzene rings is 2. The molecule has 38 heavy (non-hydrogen) atoms. The Balaban J connectivity index is 2.05. The summed E-state index contributed by atoms with van der Waals surface area (Å²) >= 11 is 0. The van der Waals surface area contributed by atoms with Gasteiger partial charge >= 0.3 is 6.09 Å². The molecule has 3 amide bonds. The Bertz CT molecular complexity index is 1170. The Hall–Kier alpha value is -3.35. The maximum atomic E-state index is 14.3. The summed E-state index contributed by atoms with van der Waals surface area (Å²) in [5.74, 6) is -0.695. The van der Waals surface area contributed by atoms with Gasteiger partial charge in [-0.15, -0.1) is 0 Å². The van der Waals surface area contributed by atoms with E-state index in [2.05, 4.69) is 10.6 Å². The Morgan fingerprint density at radius 1 is 1.03 bits per heavy atom. The van der Waals surface area contributed by atoms with Gasteiger partial charge in [0, 0.05) is 11.7 Å². The Kier molecular flexibility index (Phi) is 9.23. The van der Waals surface area contributed by atoms with Gasteiger partial charge in [0.15, 0.2) is 0 Å². The minimum absolute atomic E-state index is 0.0807. The molecule has 0 heterocycles. The van der Waals surface area contributed by atoms with Crippen molar-refractivity contribution in [3.8, 4) is 0 Å². The molecule has 7 nitrogen and oxygen atoms in total. The topological polar surface area (TPSA) is 87.7 Å². The number of carbonyl (C=O) groups is 3. The van der Waals surface area contributed by atoms with Crippen LogP contribution in [0.3, 0.4) is 0 Å². The number of hydrogen-bond donors (Lipinski definition) is 2. The first-order chi connectivity index (χ1) is 17.8. The number of aryl methyl sites for hydroxylation is 3. The Labute approximate surface area is 227 Å². The fourth-order valence-electron chi connectivity index (χ4n) is 4.61. The lowest BCUT2D eigenvalue weighted by atomic mass is 9.93. The molecular formula is C31H43N3O4. The largest absolute Gasteiger partial charge is 0.444 e. The van der Waals surface area contributed by atoms with Gasteiger partial charge in [0.1, 0.15) is 17.7 Å². The highest BCUT2D eigenvalue weighted by Crippen LogP contribution is 2.38. The zero-order chi connectivity index (χ0) is 28.2. The van der Waals surface area contributed by atoms with Crippen LogP contribution in [0.5, 0.6) is 0 Å². The molecule has 2 aromatic rings. The molecule has 206 valence electrons. The fourth-order valence-corrected chi connectivity index (χ4v) is 4.61. The van der Waals surface area contributed by atoms with E-state index in [1.165, 1.54) is 0 Å². The van der Waals surface area contributed by atoms with E-state index < -0.39 is 23.8 Å². The van der Waals surface area contributed by atoms with Crippen LogP contribution < -0.4 is 10.6 Å². The van der Waals surface area contributed by atoms with Gasteiger partial charge in [-0.3, -0.25) is 9.59 Å². The molecule has 0 aliphatic heterocycles. The van der Waals surface area contributed by atoms with E-state index in [0.717, 1.165) is 35.1 Å². The van der Waals surface area contributed by atoms with Crippen LogP contribution in [0.15, 0.2) is 42.5 Å². The second-order valence-corrected chi connectivity index (χ2v) is 11.6. The monoisotopic (exact) mass is 521 g/mol. The van der Waals surface area contributed by atoms with E-state index in [9.17, 15) is 14.4 Å². The first-order valence-electron chi connectivity index (χ1n) is 13.6. The lowest BCUT2D eigenvalue weighted by molar-refractivity contribution is -0.142. The maximum absolute atomic E-state index is 14.3. The number of carbonyl (C=O) groups excluding carboxylic acids is 3. The highest BCUT2D eigenvalue weighted by atomic mass is 16.6. The van der Waals surface area contributed by atoms with Gasteiger partial charge < -0.3 is 20.3 Å². The van der Waals surface area contributed by atoms with Gasteiger partial charge in [0.05, 0.1) is 0 Å². The summed E-state index contributed by atoms with van der Waals surface area (Å²) in [5.41, 5.74) is 3.75. The molecule has 0 saturated heterocycles. The molecule has 1 aliphatic rings. The third-order valence-corrected chi connectivity index (χ3v) is 7.00. The molecule has 1 saturated carbocycles. The van der Waals surface area contributed by atoms with E-state index in [-0.39, 0.29) is 23.8 Å². The van der Waals surface area contributed by atoms with Crippen molar-refractivity contribution in [3.63, 3.8) is 0 Å². The highest BCUT2D eigenvalue weighted by molar-refractivity contribution is 5.99.